The maximum atomic E-state index is 5.86. The normalized spacial score (nSPS) is 18.2. The highest BCUT2D eigenvalue weighted by molar-refractivity contribution is 7.80. The molecule has 1 N–H and O–H groups in total. The first-order valence-corrected chi connectivity index (χ1v) is 11.2. The minimum Gasteiger partial charge on any atom is -0.351 e. The molecular formula is C26H25N5S. The molecule has 0 saturated carbocycles. The minimum absolute atomic E-state index is 0.0718. The Balaban J connectivity index is 1.64. The summed E-state index contributed by atoms with van der Waals surface area (Å²) in [4.78, 5) is 11.2. The number of rotatable bonds is 5. The molecule has 1 saturated heterocycles. The van der Waals surface area contributed by atoms with Crippen LogP contribution < -0.4 is 10.2 Å². The molecule has 4 aromatic rings. The van der Waals surface area contributed by atoms with Gasteiger partial charge in [0.1, 0.15) is 6.04 Å². The Morgan fingerprint density at radius 2 is 1.75 bits per heavy atom. The van der Waals surface area contributed by atoms with Crippen LogP contribution in [0.4, 0.5) is 5.69 Å². The average Bonchev–Trinajstić information content (AvgIpc) is 3.44. The van der Waals surface area contributed by atoms with E-state index in [4.69, 9.17) is 12.2 Å². The summed E-state index contributed by atoms with van der Waals surface area (Å²) >= 11 is 5.86. The lowest BCUT2D eigenvalue weighted by atomic mass is 9.99. The molecule has 5 rings (SSSR count). The van der Waals surface area contributed by atoms with Crippen LogP contribution in [0, 0.1) is 0 Å². The molecule has 32 heavy (non-hydrogen) atoms. The maximum absolute atomic E-state index is 5.86. The van der Waals surface area contributed by atoms with E-state index in [1.807, 2.05) is 30.6 Å². The van der Waals surface area contributed by atoms with E-state index in [1.54, 1.807) is 6.20 Å². The van der Waals surface area contributed by atoms with Gasteiger partial charge in [0.15, 0.2) is 5.11 Å². The summed E-state index contributed by atoms with van der Waals surface area (Å²) in [5, 5.41) is 4.24. The smallest absolute Gasteiger partial charge is 0.174 e. The zero-order chi connectivity index (χ0) is 22.1. The topological polar surface area (TPSA) is 46.0 Å². The fraction of sp³-hybridized carbons (Fsp3) is 0.192. The number of hydrogen-bond acceptors (Lipinski definition) is 3. The number of anilines is 1. The first-order chi connectivity index (χ1) is 15.6. The zero-order valence-electron chi connectivity index (χ0n) is 18.1. The van der Waals surface area contributed by atoms with Gasteiger partial charge in [0.25, 0.3) is 0 Å². The van der Waals surface area contributed by atoms with Gasteiger partial charge in [0.05, 0.1) is 23.6 Å². The Hall–Kier alpha value is -3.51. The van der Waals surface area contributed by atoms with Crippen molar-refractivity contribution in [2.24, 2.45) is 0 Å². The standard InChI is InChI=1S/C26H25N5S/c1-18(2)19-10-12-20(13-11-19)31-25(24(29-26(31)32)22-8-3-4-15-28-22)23-9-6-16-30(23)21-7-5-14-27-17-21/h3-18,24-25H,1-2H3,(H,29,32)/t24-,25-/m1/s1. The SMILES string of the molecule is CC(C)c1ccc(N2C(=S)N[C@H](c3ccccn3)[C@H]2c2cccn2-c2cccnc2)cc1. The van der Waals surface area contributed by atoms with E-state index < -0.39 is 0 Å². The Kier molecular flexibility index (Phi) is 5.45. The van der Waals surface area contributed by atoms with Gasteiger partial charge in [-0.25, -0.2) is 0 Å². The lowest BCUT2D eigenvalue weighted by Gasteiger charge is -2.29. The van der Waals surface area contributed by atoms with Gasteiger partial charge >= 0.3 is 0 Å². The number of benzene rings is 1. The largest absolute Gasteiger partial charge is 0.351 e. The van der Waals surface area contributed by atoms with Crippen molar-refractivity contribution in [3.05, 3.63) is 108 Å². The summed E-state index contributed by atoms with van der Waals surface area (Å²) in [6.07, 6.45) is 7.57. The third-order valence-corrected chi connectivity index (χ3v) is 6.26. The molecule has 0 radical (unpaired) electrons. The molecule has 5 nitrogen and oxygen atoms in total. The Labute approximate surface area is 193 Å². The van der Waals surface area contributed by atoms with E-state index in [2.05, 4.69) is 93.3 Å². The van der Waals surface area contributed by atoms with Crippen molar-refractivity contribution in [2.45, 2.75) is 31.8 Å². The Bertz CT molecular complexity index is 1200. The van der Waals surface area contributed by atoms with E-state index in [0.717, 1.165) is 22.8 Å². The van der Waals surface area contributed by atoms with Crippen LogP contribution in [0.1, 0.15) is 48.8 Å². The minimum atomic E-state index is -0.0844. The second-order valence-electron chi connectivity index (χ2n) is 8.26. The lowest BCUT2D eigenvalue weighted by Crippen LogP contribution is -2.30. The molecule has 1 aliphatic rings. The molecule has 1 aliphatic heterocycles. The van der Waals surface area contributed by atoms with E-state index in [-0.39, 0.29) is 12.1 Å². The summed E-state index contributed by atoms with van der Waals surface area (Å²) in [6, 6.07) is 22.8. The molecule has 160 valence electrons. The number of nitrogens with one attached hydrogen (secondary N) is 1. The molecule has 0 bridgehead atoms. The van der Waals surface area contributed by atoms with Gasteiger partial charge in [-0.1, -0.05) is 32.0 Å². The fourth-order valence-corrected chi connectivity index (χ4v) is 4.67. The van der Waals surface area contributed by atoms with Crippen LogP contribution in [0.25, 0.3) is 5.69 Å². The number of thiocarbonyl (C=S) groups is 1. The van der Waals surface area contributed by atoms with Crippen LogP contribution in [0.5, 0.6) is 0 Å². The molecular weight excluding hydrogens is 414 g/mol. The average molecular weight is 440 g/mol. The molecule has 2 atom stereocenters. The number of aromatic nitrogens is 3. The third-order valence-electron chi connectivity index (χ3n) is 5.94. The molecule has 0 unspecified atom stereocenters. The van der Waals surface area contributed by atoms with E-state index >= 15 is 0 Å². The number of nitrogens with zero attached hydrogens (tertiary/aromatic N) is 4. The van der Waals surface area contributed by atoms with Crippen LogP contribution in [-0.2, 0) is 0 Å². The van der Waals surface area contributed by atoms with Crippen molar-refractivity contribution in [3.63, 3.8) is 0 Å². The van der Waals surface area contributed by atoms with Crippen LogP contribution in [-0.4, -0.2) is 19.6 Å². The molecule has 3 aromatic heterocycles. The summed E-state index contributed by atoms with van der Waals surface area (Å²) in [7, 11) is 0. The third kappa shape index (κ3) is 3.67. The quantitative estimate of drug-likeness (QED) is 0.412. The van der Waals surface area contributed by atoms with E-state index in [1.165, 1.54) is 5.56 Å². The lowest BCUT2D eigenvalue weighted by molar-refractivity contribution is 0.549. The summed E-state index contributed by atoms with van der Waals surface area (Å²) in [5.74, 6) is 0.479. The number of hydrogen-bond donors (Lipinski definition) is 1. The van der Waals surface area contributed by atoms with Crippen LogP contribution >= 0.6 is 12.2 Å². The van der Waals surface area contributed by atoms with Crippen molar-refractivity contribution in [1.29, 1.82) is 0 Å². The zero-order valence-corrected chi connectivity index (χ0v) is 18.9. The summed E-state index contributed by atoms with van der Waals surface area (Å²) < 4.78 is 2.18. The van der Waals surface area contributed by atoms with Gasteiger partial charge in [0, 0.05) is 30.0 Å². The molecule has 0 spiro atoms. The molecule has 1 aromatic carbocycles. The molecule has 4 heterocycles. The highest BCUT2D eigenvalue weighted by Gasteiger charge is 2.42. The van der Waals surface area contributed by atoms with Gasteiger partial charge in [-0.05, 0) is 72.2 Å². The van der Waals surface area contributed by atoms with E-state index in [9.17, 15) is 0 Å². The monoisotopic (exact) mass is 439 g/mol. The van der Waals surface area contributed by atoms with Crippen LogP contribution in [0.2, 0.25) is 0 Å². The van der Waals surface area contributed by atoms with Crippen molar-refractivity contribution >= 4 is 23.0 Å². The maximum Gasteiger partial charge on any atom is 0.174 e. The predicted molar refractivity (Wildman–Crippen MR) is 132 cm³/mol. The van der Waals surface area contributed by atoms with Crippen LogP contribution in [0.15, 0.2) is 91.5 Å². The van der Waals surface area contributed by atoms with Gasteiger partial charge < -0.3 is 14.8 Å². The van der Waals surface area contributed by atoms with Crippen LogP contribution in [0.3, 0.4) is 0 Å². The van der Waals surface area contributed by atoms with Gasteiger partial charge in [-0.2, -0.15) is 0 Å². The predicted octanol–water partition coefficient (Wildman–Crippen LogP) is 5.57. The van der Waals surface area contributed by atoms with Crippen molar-refractivity contribution in [1.82, 2.24) is 19.9 Å². The highest BCUT2D eigenvalue weighted by atomic mass is 32.1. The van der Waals surface area contributed by atoms with Gasteiger partial charge in [-0.15, -0.1) is 0 Å². The molecule has 6 heteroatoms. The Morgan fingerprint density at radius 1 is 0.906 bits per heavy atom. The molecule has 1 fully saturated rings. The van der Waals surface area contributed by atoms with E-state index in [0.29, 0.717) is 11.0 Å². The molecule has 0 amide bonds. The number of pyridine rings is 2. The van der Waals surface area contributed by atoms with Gasteiger partial charge in [0.2, 0.25) is 0 Å². The van der Waals surface area contributed by atoms with Crippen molar-refractivity contribution in [2.75, 3.05) is 4.90 Å². The first kappa shape index (κ1) is 20.4. The second kappa shape index (κ2) is 8.55. The van der Waals surface area contributed by atoms with Gasteiger partial charge in [-0.3, -0.25) is 9.97 Å². The summed E-state index contributed by atoms with van der Waals surface area (Å²) in [6.45, 7) is 4.41. The Morgan fingerprint density at radius 3 is 2.44 bits per heavy atom. The second-order valence-corrected chi connectivity index (χ2v) is 8.64. The first-order valence-electron chi connectivity index (χ1n) is 10.8. The van der Waals surface area contributed by atoms with Crippen molar-refractivity contribution in [3.8, 4) is 5.69 Å². The highest BCUT2D eigenvalue weighted by Crippen LogP contribution is 2.42. The summed E-state index contributed by atoms with van der Waals surface area (Å²) in [5.41, 5.74) is 5.46. The molecule has 0 aliphatic carbocycles. The van der Waals surface area contributed by atoms with Crippen molar-refractivity contribution < 1.29 is 0 Å². The fourth-order valence-electron chi connectivity index (χ4n) is 4.32.